The summed E-state index contributed by atoms with van der Waals surface area (Å²) >= 11 is 0. The number of rotatable bonds is 3. The number of anilines is 2. The quantitative estimate of drug-likeness (QED) is 0.558. The summed E-state index contributed by atoms with van der Waals surface area (Å²) in [5.74, 6) is -0.192. The molecule has 2 aromatic carbocycles. The highest BCUT2D eigenvalue weighted by molar-refractivity contribution is 5.75. The van der Waals surface area contributed by atoms with Crippen molar-refractivity contribution in [3.8, 4) is 11.5 Å². The molecule has 86 valence electrons. The Hall–Kier alpha value is -2.56. The number of nitroso groups, excluding NO2 is 1. The SMILES string of the molecule is O=Nc1cccc(Nc2ccccc2O)c1O. The second-order valence-corrected chi connectivity index (χ2v) is 3.41. The number of nitrogens with zero attached hydrogens (tertiary/aromatic N) is 1. The maximum absolute atomic E-state index is 10.4. The summed E-state index contributed by atoms with van der Waals surface area (Å²) in [7, 11) is 0. The molecule has 0 aliphatic rings. The predicted molar refractivity (Wildman–Crippen MR) is 65.0 cm³/mol. The van der Waals surface area contributed by atoms with E-state index in [-0.39, 0.29) is 17.2 Å². The van der Waals surface area contributed by atoms with Crippen molar-refractivity contribution in [1.29, 1.82) is 0 Å². The number of phenols is 2. The molecular formula is C12H10N2O3. The van der Waals surface area contributed by atoms with E-state index in [1.54, 1.807) is 30.3 Å². The number of aromatic hydroxyl groups is 2. The number of phenolic OH excluding ortho intramolecular Hbond substituents is 2. The number of hydrogen-bond acceptors (Lipinski definition) is 5. The van der Waals surface area contributed by atoms with Gasteiger partial charge in [0.15, 0.2) is 11.4 Å². The molecule has 0 spiro atoms. The Morgan fingerprint density at radius 2 is 1.65 bits per heavy atom. The molecule has 3 N–H and O–H groups in total. The monoisotopic (exact) mass is 230 g/mol. The van der Waals surface area contributed by atoms with Crippen molar-refractivity contribution in [3.63, 3.8) is 0 Å². The molecule has 5 heteroatoms. The van der Waals surface area contributed by atoms with E-state index in [0.717, 1.165) is 0 Å². The third-order valence-electron chi connectivity index (χ3n) is 2.29. The summed E-state index contributed by atoms with van der Waals surface area (Å²) in [4.78, 5) is 10.4. The van der Waals surface area contributed by atoms with Crippen LogP contribution in [0.1, 0.15) is 0 Å². The number of nitrogens with one attached hydrogen (secondary N) is 1. The molecule has 0 amide bonds. The van der Waals surface area contributed by atoms with E-state index in [1.807, 2.05) is 0 Å². The van der Waals surface area contributed by atoms with Crippen molar-refractivity contribution >= 4 is 17.1 Å². The molecule has 0 aliphatic heterocycles. The summed E-state index contributed by atoms with van der Waals surface area (Å²) in [5, 5.41) is 24.8. The average molecular weight is 230 g/mol. The third-order valence-corrected chi connectivity index (χ3v) is 2.29. The van der Waals surface area contributed by atoms with Crippen molar-refractivity contribution < 1.29 is 10.2 Å². The first kappa shape index (κ1) is 10.9. The highest BCUT2D eigenvalue weighted by Gasteiger charge is 2.08. The number of benzene rings is 2. The van der Waals surface area contributed by atoms with Crippen molar-refractivity contribution in [2.24, 2.45) is 5.18 Å². The zero-order chi connectivity index (χ0) is 12.3. The van der Waals surface area contributed by atoms with Gasteiger partial charge >= 0.3 is 0 Å². The van der Waals surface area contributed by atoms with Crippen LogP contribution in [-0.2, 0) is 0 Å². The van der Waals surface area contributed by atoms with Gasteiger partial charge in [0.1, 0.15) is 5.75 Å². The molecule has 0 aromatic heterocycles. The topological polar surface area (TPSA) is 81.9 Å². The molecule has 0 heterocycles. The Labute approximate surface area is 97.3 Å². The molecule has 0 bridgehead atoms. The van der Waals surface area contributed by atoms with Crippen LogP contribution in [0.4, 0.5) is 17.1 Å². The Balaban J connectivity index is 2.37. The normalized spacial score (nSPS) is 9.88. The maximum Gasteiger partial charge on any atom is 0.168 e. The fourth-order valence-electron chi connectivity index (χ4n) is 1.43. The van der Waals surface area contributed by atoms with Gasteiger partial charge in [-0.15, -0.1) is 4.91 Å². The van der Waals surface area contributed by atoms with Gasteiger partial charge in [-0.2, -0.15) is 0 Å². The maximum atomic E-state index is 10.4. The third kappa shape index (κ3) is 2.17. The second-order valence-electron chi connectivity index (χ2n) is 3.41. The summed E-state index contributed by atoms with van der Waals surface area (Å²) in [5.41, 5.74) is 0.694. The van der Waals surface area contributed by atoms with Gasteiger partial charge in [0.25, 0.3) is 0 Å². The summed E-state index contributed by atoms with van der Waals surface area (Å²) in [6, 6.07) is 11.1. The fourth-order valence-corrected chi connectivity index (χ4v) is 1.43. The lowest BCUT2D eigenvalue weighted by Gasteiger charge is -2.10. The zero-order valence-corrected chi connectivity index (χ0v) is 8.79. The van der Waals surface area contributed by atoms with Crippen LogP contribution in [0.3, 0.4) is 0 Å². The zero-order valence-electron chi connectivity index (χ0n) is 8.79. The van der Waals surface area contributed by atoms with Crippen molar-refractivity contribution in [2.45, 2.75) is 0 Å². The minimum absolute atomic E-state index is 0.0505. The molecule has 17 heavy (non-hydrogen) atoms. The molecule has 0 unspecified atom stereocenters. The van der Waals surface area contributed by atoms with E-state index in [2.05, 4.69) is 10.5 Å². The van der Waals surface area contributed by atoms with Gasteiger partial charge in [0.2, 0.25) is 0 Å². The van der Waals surface area contributed by atoms with E-state index in [0.29, 0.717) is 11.4 Å². The van der Waals surface area contributed by atoms with Crippen LogP contribution in [0.25, 0.3) is 0 Å². The lowest BCUT2D eigenvalue weighted by molar-refractivity contribution is 0.475. The van der Waals surface area contributed by atoms with Crippen LogP contribution in [-0.4, -0.2) is 10.2 Å². The molecule has 2 aromatic rings. The summed E-state index contributed by atoms with van der Waals surface area (Å²) in [6.45, 7) is 0. The van der Waals surface area contributed by atoms with Gasteiger partial charge in [-0.3, -0.25) is 0 Å². The van der Waals surface area contributed by atoms with E-state index >= 15 is 0 Å². The first-order chi connectivity index (χ1) is 8.22. The minimum Gasteiger partial charge on any atom is -0.506 e. The van der Waals surface area contributed by atoms with Gasteiger partial charge in [-0.1, -0.05) is 18.2 Å². The van der Waals surface area contributed by atoms with E-state index in [9.17, 15) is 15.1 Å². The lowest BCUT2D eigenvalue weighted by Crippen LogP contribution is -1.90. The van der Waals surface area contributed by atoms with E-state index in [1.165, 1.54) is 12.1 Å². The molecule has 0 atom stereocenters. The molecule has 0 saturated heterocycles. The fraction of sp³-hybridized carbons (Fsp3) is 0. The first-order valence-electron chi connectivity index (χ1n) is 4.92. The van der Waals surface area contributed by atoms with E-state index in [4.69, 9.17) is 0 Å². The van der Waals surface area contributed by atoms with Crippen LogP contribution in [0.2, 0.25) is 0 Å². The molecule has 0 radical (unpaired) electrons. The Bertz CT molecular complexity index is 555. The number of para-hydroxylation sites is 3. The molecule has 2 rings (SSSR count). The van der Waals surface area contributed by atoms with Gasteiger partial charge in [-0.05, 0) is 29.4 Å². The highest BCUT2D eigenvalue weighted by atomic mass is 16.3. The lowest BCUT2D eigenvalue weighted by atomic mass is 10.2. The molecule has 5 nitrogen and oxygen atoms in total. The Morgan fingerprint density at radius 3 is 2.35 bits per heavy atom. The smallest absolute Gasteiger partial charge is 0.168 e. The molecular weight excluding hydrogens is 220 g/mol. The second kappa shape index (κ2) is 4.52. The minimum atomic E-state index is -0.245. The van der Waals surface area contributed by atoms with Crippen molar-refractivity contribution in [2.75, 3.05) is 5.32 Å². The van der Waals surface area contributed by atoms with Gasteiger partial charge in [-0.25, -0.2) is 0 Å². The van der Waals surface area contributed by atoms with Gasteiger partial charge in [0.05, 0.1) is 11.4 Å². The van der Waals surface area contributed by atoms with Crippen molar-refractivity contribution in [1.82, 2.24) is 0 Å². The highest BCUT2D eigenvalue weighted by Crippen LogP contribution is 2.37. The molecule has 0 fully saturated rings. The summed E-state index contributed by atoms with van der Waals surface area (Å²) in [6.07, 6.45) is 0. The van der Waals surface area contributed by atoms with Crippen LogP contribution in [0.15, 0.2) is 47.6 Å². The largest absolute Gasteiger partial charge is 0.506 e. The predicted octanol–water partition coefficient (Wildman–Crippen LogP) is 3.24. The van der Waals surface area contributed by atoms with Gasteiger partial charge in [0, 0.05) is 0 Å². The van der Waals surface area contributed by atoms with Crippen LogP contribution in [0, 0.1) is 4.91 Å². The van der Waals surface area contributed by atoms with Gasteiger partial charge < -0.3 is 15.5 Å². The van der Waals surface area contributed by atoms with Crippen molar-refractivity contribution in [3.05, 3.63) is 47.4 Å². The van der Waals surface area contributed by atoms with Crippen LogP contribution < -0.4 is 5.32 Å². The summed E-state index contributed by atoms with van der Waals surface area (Å²) < 4.78 is 0. The average Bonchev–Trinajstić information content (AvgIpc) is 2.34. The first-order valence-corrected chi connectivity index (χ1v) is 4.92. The number of hydrogen-bond donors (Lipinski definition) is 3. The Kier molecular flexibility index (Phi) is 2.91. The van der Waals surface area contributed by atoms with E-state index < -0.39 is 0 Å². The standard InChI is InChI=1S/C12H10N2O3/c15-11-7-2-1-4-8(11)13-9-5-3-6-10(14-17)12(9)16/h1-7,13,15-16H. The van der Waals surface area contributed by atoms with Crippen LogP contribution >= 0.6 is 0 Å². The molecule has 0 aliphatic carbocycles. The Morgan fingerprint density at radius 1 is 0.941 bits per heavy atom. The van der Waals surface area contributed by atoms with Crippen LogP contribution in [0.5, 0.6) is 11.5 Å². The molecule has 0 saturated carbocycles.